The molecule has 0 bridgehead atoms. The molecule has 7 nitrogen and oxygen atoms in total. The molecule has 2 rings (SSSR count). The van der Waals surface area contributed by atoms with Crippen molar-refractivity contribution in [2.24, 2.45) is 7.05 Å². The Kier molecular flexibility index (Phi) is 4.42. The topological polar surface area (TPSA) is 100 Å². The van der Waals surface area contributed by atoms with Crippen LogP contribution in [0.15, 0.2) is 6.20 Å². The number of aromatic nitrogens is 3. The molecule has 2 heterocycles. The molecule has 0 saturated heterocycles. The van der Waals surface area contributed by atoms with E-state index in [2.05, 4.69) is 15.4 Å². The van der Waals surface area contributed by atoms with Crippen molar-refractivity contribution >= 4 is 22.7 Å². The highest BCUT2D eigenvalue weighted by atomic mass is 16.4. The molecule has 3 N–H and O–H groups in total. The fraction of sp³-hybridized carbons (Fsp3) is 0.500. The SMILES string of the molecule is CCCC(O)CNc1c(C(=O)O)cnc2c1c(C)nn2C. The van der Waals surface area contributed by atoms with Gasteiger partial charge in [-0.25, -0.2) is 9.78 Å². The smallest absolute Gasteiger partial charge is 0.339 e. The highest BCUT2D eigenvalue weighted by Crippen LogP contribution is 2.28. The number of nitrogens with zero attached hydrogens (tertiary/aromatic N) is 3. The van der Waals surface area contributed by atoms with E-state index < -0.39 is 12.1 Å². The van der Waals surface area contributed by atoms with E-state index >= 15 is 0 Å². The van der Waals surface area contributed by atoms with Crippen molar-refractivity contribution in [1.82, 2.24) is 14.8 Å². The Morgan fingerprint density at radius 3 is 2.86 bits per heavy atom. The molecule has 0 spiro atoms. The molecule has 0 fully saturated rings. The van der Waals surface area contributed by atoms with Crippen LogP contribution in [0.2, 0.25) is 0 Å². The summed E-state index contributed by atoms with van der Waals surface area (Å²) in [6.45, 7) is 4.09. The molecule has 0 aliphatic heterocycles. The number of fused-ring (bicyclic) bond motifs is 1. The van der Waals surface area contributed by atoms with E-state index in [0.29, 0.717) is 35.4 Å². The van der Waals surface area contributed by atoms with E-state index in [1.54, 1.807) is 11.7 Å². The van der Waals surface area contributed by atoms with Crippen molar-refractivity contribution < 1.29 is 15.0 Å². The molecule has 0 aliphatic rings. The van der Waals surface area contributed by atoms with Crippen molar-refractivity contribution in [2.75, 3.05) is 11.9 Å². The quantitative estimate of drug-likeness (QED) is 0.747. The van der Waals surface area contributed by atoms with Gasteiger partial charge in [-0.05, 0) is 13.3 Å². The lowest BCUT2D eigenvalue weighted by Gasteiger charge is -2.14. The zero-order chi connectivity index (χ0) is 15.6. The van der Waals surface area contributed by atoms with Crippen LogP contribution in [-0.4, -0.2) is 43.6 Å². The third-order valence-electron chi connectivity index (χ3n) is 3.39. The van der Waals surface area contributed by atoms with Crippen LogP contribution in [0.4, 0.5) is 5.69 Å². The first-order chi connectivity index (χ1) is 9.95. The summed E-state index contributed by atoms with van der Waals surface area (Å²) in [6, 6.07) is 0. The summed E-state index contributed by atoms with van der Waals surface area (Å²) < 4.78 is 1.62. The Morgan fingerprint density at radius 1 is 1.52 bits per heavy atom. The molecule has 0 amide bonds. The third kappa shape index (κ3) is 2.97. The highest BCUT2D eigenvalue weighted by molar-refractivity contribution is 6.04. The molecule has 7 heteroatoms. The number of rotatable bonds is 6. The second-order valence-electron chi connectivity index (χ2n) is 5.08. The van der Waals surface area contributed by atoms with Gasteiger partial charge < -0.3 is 15.5 Å². The maximum Gasteiger partial charge on any atom is 0.339 e. The van der Waals surface area contributed by atoms with Crippen molar-refractivity contribution in [3.05, 3.63) is 17.5 Å². The van der Waals surface area contributed by atoms with E-state index in [1.165, 1.54) is 6.20 Å². The first-order valence-electron chi connectivity index (χ1n) is 6.93. The van der Waals surface area contributed by atoms with Gasteiger partial charge >= 0.3 is 5.97 Å². The van der Waals surface area contributed by atoms with Crippen LogP contribution in [0.25, 0.3) is 11.0 Å². The molecule has 2 aromatic rings. The van der Waals surface area contributed by atoms with Gasteiger partial charge in [0, 0.05) is 19.8 Å². The van der Waals surface area contributed by atoms with Crippen LogP contribution in [0, 0.1) is 6.92 Å². The summed E-state index contributed by atoms with van der Waals surface area (Å²) in [5, 5.41) is 27.2. The van der Waals surface area contributed by atoms with E-state index in [-0.39, 0.29) is 5.56 Å². The lowest BCUT2D eigenvalue weighted by Crippen LogP contribution is -2.20. The maximum atomic E-state index is 11.4. The number of carbonyl (C=O) groups is 1. The summed E-state index contributed by atoms with van der Waals surface area (Å²) in [4.78, 5) is 15.5. The first-order valence-corrected chi connectivity index (χ1v) is 6.93. The predicted molar refractivity (Wildman–Crippen MR) is 79.6 cm³/mol. The van der Waals surface area contributed by atoms with Crippen LogP contribution in [-0.2, 0) is 7.05 Å². The number of carboxylic acids is 1. The Balaban J connectivity index is 2.46. The Bertz CT molecular complexity index is 666. The number of anilines is 1. The summed E-state index contributed by atoms with van der Waals surface area (Å²) in [5.74, 6) is -1.06. The minimum absolute atomic E-state index is 0.0855. The second-order valence-corrected chi connectivity index (χ2v) is 5.08. The number of aromatic carboxylic acids is 1. The third-order valence-corrected chi connectivity index (χ3v) is 3.39. The zero-order valence-corrected chi connectivity index (χ0v) is 12.4. The molecule has 114 valence electrons. The van der Waals surface area contributed by atoms with Gasteiger partial charge in [0.25, 0.3) is 0 Å². The minimum atomic E-state index is -1.06. The van der Waals surface area contributed by atoms with Gasteiger partial charge in [-0.3, -0.25) is 4.68 Å². The van der Waals surface area contributed by atoms with E-state index in [0.717, 1.165) is 6.42 Å². The Hall–Kier alpha value is -2.15. The number of aliphatic hydroxyl groups excluding tert-OH is 1. The summed E-state index contributed by atoms with van der Waals surface area (Å²) >= 11 is 0. The highest BCUT2D eigenvalue weighted by Gasteiger charge is 2.19. The van der Waals surface area contributed by atoms with Gasteiger partial charge in [0.05, 0.1) is 22.9 Å². The first kappa shape index (κ1) is 15.2. The van der Waals surface area contributed by atoms with Crippen molar-refractivity contribution in [3.8, 4) is 0 Å². The van der Waals surface area contributed by atoms with Crippen LogP contribution in [0.3, 0.4) is 0 Å². The van der Waals surface area contributed by atoms with Crippen LogP contribution < -0.4 is 5.32 Å². The summed E-state index contributed by atoms with van der Waals surface area (Å²) in [5.41, 5.74) is 1.87. The van der Waals surface area contributed by atoms with E-state index in [9.17, 15) is 15.0 Å². The Labute approximate surface area is 122 Å². The number of aliphatic hydroxyl groups is 1. The second kappa shape index (κ2) is 6.09. The van der Waals surface area contributed by atoms with Crippen LogP contribution in [0.1, 0.15) is 35.8 Å². The molecule has 0 aromatic carbocycles. The van der Waals surface area contributed by atoms with Gasteiger partial charge in [0.15, 0.2) is 5.65 Å². The van der Waals surface area contributed by atoms with Crippen molar-refractivity contribution in [3.63, 3.8) is 0 Å². The number of hydrogen-bond donors (Lipinski definition) is 3. The minimum Gasteiger partial charge on any atom is -0.478 e. The Morgan fingerprint density at radius 2 is 2.24 bits per heavy atom. The molecular weight excluding hydrogens is 272 g/mol. The van der Waals surface area contributed by atoms with Gasteiger partial charge in [0.2, 0.25) is 0 Å². The summed E-state index contributed by atoms with van der Waals surface area (Å²) in [6.07, 6.45) is 2.33. The van der Waals surface area contributed by atoms with Crippen LogP contribution >= 0.6 is 0 Å². The van der Waals surface area contributed by atoms with Crippen LogP contribution in [0.5, 0.6) is 0 Å². The average Bonchev–Trinajstić information content (AvgIpc) is 2.71. The number of nitrogens with one attached hydrogen (secondary N) is 1. The molecule has 0 radical (unpaired) electrons. The predicted octanol–water partition coefficient (Wildman–Crippen LogP) is 1.55. The maximum absolute atomic E-state index is 11.4. The van der Waals surface area contributed by atoms with Gasteiger partial charge in [-0.1, -0.05) is 13.3 Å². The fourth-order valence-corrected chi connectivity index (χ4v) is 2.41. The lowest BCUT2D eigenvalue weighted by molar-refractivity contribution is 0.0697. The molecular formula is C14H20N4O3. The van der Waals surface area contributed by atoms with Crippen molar-refractivity contribution in [2.45, 2.75) is 32.8 Å². The molecule has 0 saturated carbocycles. The molecule has 1 unspecified atom stereocenters. The summed E-state index contributed by atoms with van der Waals surface area (Å²) in [7, 11) is 1.76. The standard InChI is InChI=1S/C14H20N4O3/c1-4-5-9(19)6-15-12-10(14(20)21)7-16-13-11(12)8(2)17-18(13)3/h7,9,19H,4-6H2,1-3H3,(H,15,16)(H,20,21). The lowest BCUT2D eigenvalue weighted by atomic mass is 10.1. The van der Waals surface area contributed by atoms with Crippen molar-refractivity contribution in [1.29, 1.82) is 0 Å². The molecule has 21 heavy (non-hydrogen) atoms. The van der Waals surface area contributed by atoms with E-state index in [4.69, 9.17) is 0 Å². The number of aryl methyl sites for hydroxylation is 2. The average molecular weight is 292 g/mol. The van der Waals surface area contributed by atoms with Gasteiger partial charge in [-0.2, -0.15) is 5.10 Å². The van der Waals surface area contributed by atoms with Gasteiger partial charge in [0.1, 0.15) is 5.56 Å². The van der Waals surface area contributed by atoms with E-state index in [1.807, 2.05) is 13.8 Å². The molecule has 1 atom stereocenters. The normalized spacial score (nSPS) is 12.6. The number of carboxylic acid groups (broad SMARTS) is 1. The number of pyridine rings is 1. The number of hydrogen-bond acceptors (Lipinski definition) is 5. The molecule has 2 aromatic heterocycles. The largest absolute Gasteiger partial charge is 0.478 e. The monoisotopic (exact) mass is 292 g/mol. The fourth-order valence-electron chi connectivity index (χ4n) is 2.41. The molecule has 0 aliphatic carbocycles. The zero-order valence-electron chi connectivity index (χ0n) is 12.4. The van der Waals surface area contributed by atoms with Gasteiger partial charge in [-0.15, -0.1) is 0 Å².